The summed E-state index contributed by atoms with van der Waals surface area (Å²) in [5.74, 6) is 1.95. The summed E-state index contributed by atoms with van der Waals surface area (Å²) < 4.78 is 12.7. The van der Waals surface area contributed by atoms with Crippen LogP contribution in [0.3, 0.4) is 0 Å². The summed E-state index contributed by atoms with van der Waals surface area (Å²) in [6.45, 7) is 0.756. The molecule has 0 saturated carbocycles. The first kappa shape index (κ1) is 20.7. The zero-order valence-corrected chi connectivity index (χ0v) is 17.3. The van der Waals surface area contributed by atoms with Gasteiger partial charge in [0.15, 0.2) is 5.16 Å². The van der Waals surface area contributed by atoms with Gasteiger partial charge in [0.2, 0.25) is 0 Å². The van der Waals surface area contributed by atoms with E-state index in [1.54, 1.807) is 35.1 Å². The SMILES string of the molecule is O=c1c2ccccc2nc(SCCCOc2ccc([N+](=O)[O-])cc2)n1Cc1ccco1. The summed E-state index contributed by atoms with van der Waals surface area (Å²) >= 11 is 1.48. The number of hydrogen-bond acceptors (Lipinski definition) is 7. The van der Waals surface area contributed by atoms with Gasteiger partial charge in [0.25, 0.3) is 11.2 Å². The number of benzene rings is 2. The molecule has 0 bridgehead atoms. The minimum Gasteiger partial charge on any atom is -0.494 e. The number of nitro groups is 1. The summed E-state index contributed by atoms with van der Waals surface area (Å²) in [6, 6.07) is 16.9. The molecule has 0 amide bonds. The van der Waals surface area contributed by atoms with Crippen molar-refractivity contribution in [2.45, 2.75) is 18.1 Å². The molecule has 158 valence electrons. The van der Waals surface area contributed by atoms with Gasteiger partial charge in [-0.05, 0) is 42.8 Å². The van der Waals surface area contributed by atoms with Gasteiger partial charge in [0, 0.05) is 17.9 Å². The molecule has 0 fully saturated rings. The summed E-state index contributed by atoms with van der Waals surface area (Å²) in [5, 5.41) is 11.9. The van der Waals surface area contributed by atoms with E-state index in [4.69, 9.17) is 9.15 Å². The van der Waals surface area contributed by atoms with Crippen LogP contribution in [-0.4, -0.2) is 26.8 Å². The Morgan fingerprint density at radius 2 is 1.90 bits per heavy atom. The predicted molar refractivity (Wildman–Crippen MR) is 118 cm³/mol. The van der Waals surface area contributed by atoms with Crippen LogP contribution in [0.25, 0.3) is 10.9 Å². The van der Waals surface area contributed by atoms with Crippen LogP contribution in [0.1, 0.15) is 12.2 Å². The number of non-ortho nitro benzene ring substituents is 1. The number of aromatic nitrogens is 2. The minimum absolute atomic E-state index is 0.0276. The normalized spacial score (nSPS) is 11.0. The van der Waals surface area contributed by atoms with E-state index in [1.165, 1.54) is 23.9 Å². The number of fused-ring (bicyclic) bond motifs is 1. The van der Waals surface area contributed by atoms with E-state index in [0.29, 0.717) is 52.9 Å². The fraction of sp³-hybridized carbons (Fsp3) is 0.182. The van der Waals surface area contributed by atoms with Crippen LogP contribution < -0.4 is 10.3 Å². The topological polar surface area (TPSA) is 100 Å². The van der Waals surface area contributed by atoms with Crippen molar-refractivity contribution < 1.29 is 14.1 Å². The molecule has 2 aromatic heterocycles. The van der Waals surface area contributed by atoms with E-state index in [1.807, 2.05) is 24.3 Å². The van der Waals surface area contributed by atoms with Crippen LogP contribution in [0.15, 0.2) is 81.3 Å². The summed E-state index contributed by atoms with van der Waals surface area (Å²) in [5.41, 5.74) is 0.583. The van der Waals surface area contributed by atoms with E-state index in [-0.39, 0.29) is 11.2 Å². The molecule has 0 aliphatic carbocycles. The summed E-state index contributed by atoms with van der Waals surface area (Å²) in [4.78, 5) is 28.0. The van der Waals surface area contributed by atoms with Crippen molar-refractivity contribution in [3.05, 3.63) is 93.2 Å². The standard InChI is InChI=1S/C22H19N3O5S/c26-21-19-6-1-2-7-20(19)23-22(24(21)15-18-5-3-12-30-18)31-14-4-13-29-17-10-8-16(9-11-17)25(27)28/h1-3,5-12H,4,13-15H2. The molecule has 0 unspecified atom stereocenters. The molecular weight excluding hydrogens is 418 g/mol. The molecule has 2 heterocycles. The molecule has 31 heavy (non-hydrogen) atoms. The largest absolute Gasteiger partial charge is 0.494 e. The lowest BCUT2D eigenvalue weighted by Gasteiger charge is -2.12. The van der Waals surface area contributed by atoms with Gasteiger partial charge in [-0.2, -0.15) is 0 Å². The van der Waals surface area contributed by atoms with Crippen molar-refractivity contribution in [2.75, 3.05) is 12.4 Å². The number of nitrogens with zero attached hydrogens (tertiary/aromatic N) is 3. The number of nitro benzene ring substituents is 1. The molecule has 0 spiro atoms. The van der Waals surface area contributed by atoms with Crippen molar-refractivity contribution in [3.63, 3.8) is 0 Å². The fourth-order valence-electron chi connectivity index (χ4n) is 3.03. The third kappa shape index (κ3) is 4.95. The maximum atomic E-state index is 13.0. The smallest absolute Gasteiger partial charge is 0.269 e. The van der Waals surface area contributed by atoms with Crippen LogP contribution in [0.2, 0.25) is 0 Å². The molecule has 8 nitrogen and oxygen atoms in total. The minimum atomic E-state index is -0.445. The second kappa shape index (κ2) is 9.48. The number of hydrogen-bond donors (Lipinski definition) is 0. The van der Waals surface area contributed by atoms with E-state index >= 15 is 0 Å². The average Bonchev–Trinajstić information content (AvgIpc) is 3.29. The van der Waals surface area contributed by atoms with Gasteiger partial charge in [0.1, 0.15) is 11.5 Å². The molecule has 4 rings (SSSR count). The lowest BCUT2D eigenvalue weighted by atomic mass is 10.2. The number of para-hydroxylation sites is 1. The van der Waals surface area contributed by atoms with Crippen LogP contribution in [0.4, 0.5) is 5.69 Å². The third-order valence-electron chi connectivity index (χ3n) is 4.56. The molecule has 2 aromatic carbocycles. The highest BCUT2D eigenvalue weighted by Crippen LogP contribution is 2.21. The monoisotopic (exact) mass is 437 g/mol. The van der Waals surface area contributed by atoms with Crippen LogP contribution in [0.5, 0.6) is 5.75 Å². The van der Waals surface area contributed by atoms with Crippen molar-refractivity contribution in [1.82, 2.24) is 9.55 Å². The molecule has 0 aliphatic rings. The van der Waals surface area contributed by atoms with E-state index in [9.17, 15) is 14.9 Å². The Morgan fingerprint density at radius 1 is 1.10 bits per heavy atom. The van der Waals surface area contributed by atoms with Gasteiger partial charge < -0.3 is 9.15 Å². The quantitative estimate of drug-likeness (QED) is 0.125. The first-order valence-corrected chi connectivity index (χ1v) is 10.6. The van der Waals surface area contributed by atoms with Crippen LogP contribution in [0, 0.1) is 10.1 Å². The molecule has 0 N–H and O–H groups in total. The number of furan rings is 1. The molecule has 0 saturated heterocycles. The number of rotatable bonds is 9. The predicted octanol–water partition coefficient (Wildman–Crippen LogP) is 4.51. The molecule has 0 radical (unpaired) electrons. The highest BCUT2D eigenvalue weighted by molar-refractivity contribution is 7.99. The highest BCUT2D eigenvalue weighted by Gasteiger charge is 2.13. The van der Waals surface area contributed by atoms with Crippen molar-refractivity contribution in [3.8, 4) is 5.75 Å². The average molecular weight is 437 g/mol. The van der Waals surface area contributed by atoms with Crippen molar-refractivity contribution >= 4 is 28.4 Å². The van der Waals surface area contributed by atoms with Gasteiger partial charge in [-0.25, -0.2) is 4.98 Å². The zero-order valence-electron chi connectivity index (χ0n) is 16.5. The van der Waals surface area contributed by atoms with Crippen LogP contribution >= 0.6 is 11.8 Å². The molecule has 9 heteroatoms. The number of ether oxygens (including phenoxy) is 1. The maximum Gasteiger partial charge on any atom is 0.269 e. The van der Waals surface area contributed by atoms with Gasteiger partial charge in [0.05, 0.1) is 35.2 Å². The molecular formula is C22H19N3O5S. The van der Waals surface area contributed by atoms with E-state index in [2.05, 4.69) is 4.98 Å². The Bertz CT molecular complexity index is 1240. The van der Waals surface area contributed by atoms with Crippen LogP contribution in [-0.2, 0) is 6.54 Å². The Labute approximate surface area is 181 Å². The third-order valence-corrected chi connectivity index (χ3v) is 5.62. The highest BCUT2D eigenvalue weighted by atomic mass is 32.2. The van der Waals surface area contributed by atoms with Crippen molar-refractivity contribution in [2.24, 2.45) is 0 Å². The summed E-state index contributed by atoms with van der Waals surface area (Å²) in [6.07, 6.45) is 2.29. The van der Waals surface area contributed by atoms with E-state index in [0.717, 1.165) is 0 Å². The van der Waals surface area contributed by atoms with Gasteiger partial charge in [-0.3, -0.25) is 19.5 Å². The Hall–Kier alpha value is -3.59. The van der Waals surface area contributed by atoms with Gasteiger partial charge in [-0.1, -0.05) is 23.9 Å². The zero-order chi connectivity index (χ0) is 21.6. The van der Waals surface area contributed by atoms with Gasteiger partial charge >= 0.3 is 0 Å². The Balaban J connectivity index is 1.42. The Kier molecular flexibility index (Phi) is 6.32. The second-order valence-electron chi connectivity index (χ2n) is 6.68. The van der Waals surface area contributed by atoms with Gasteiger partial charge in [-0.15, -0.1) is 0 Å². The first-order valence-electron chi connectivity index (χ1n) is 9.64. The maximum absolute atomic E-state index is 13.0. The Morgan fingerprint density at radius 3 is 2.65 bits per heavy atom. The second-order valence-corrected chi connectivity index (χ2v) is 7.75. The number of thioether (sulfide) groups is 1. The molecule has 0 aliphatic heterocycles. The first-order chi connectivity index (χ1) is 15.1. The lowest BCUT2D eigenvalue weighted by Crippen LogP contribution is -2.24. The molecule has 4 aromatic rings. The molecule has 0 atom stereocenters. The van der Waals surface area contributed by atoms with E-state index < -0.39 is 4.92 Å². The fourth-order valence-corrected chi connectivity index (χ4v) is 3.94. The van der Waals surface area contributed by atoms with Crippen molar-refractivity contribution in [1.29, 1.82) is 0 Å². The lowest BCUT2D eigenvalue weighted by molar-refractivity contribution is -0.384. The summed E-state index contributed by atoms with van der Waals surface area (Å²) in [7, 11) is 0.